The predicted octanol–water partition coefficient (Wildman–Crippen LogP) is 4.31. The summed E-state index contributed by atoms with van der Waals surface area (Å²) in [5, 5.41) is 1.61. The van der Waals surface area contributed by atoms with Gasteiger partial charge >= 0.3 is 0 Å². The molecule has 2 N–H and O–H groups in total. The molecule has 0 aliphatic carbocycles. The number of aromatic nitrogens is 2. The Morgan fingerprint density at radius 1 is 1.05 bits per heavy atom. The lowest BCUT2D eigenvalue weighted by Gasteiger charge is -2.08. The molecule has 0 fully saturated rings. The van der Waals surface area contributed by atoms with Crippen molar-refractivity contribution < 1.29 is 4.74 Å². The van der Waals surface area contributed by atoms with Crippen molar-refractivity contribution in [2.45, 2.75) is 0 Å². The largest absolute Gasteiger partial charge is 0.437 e. The minimum atomic E-state index is 0.171. The second-order valence-corrected chi connectivity index (χ2v) is 4.92. The van der Waals surface area contributed by atoms with Gasteiger partial charge in [0.25, 0.3) is 0 Å². The molecule has 0 unspecified atom stereocenters. The highest BCUT2D eigenvalue weighted by atomic mass is 35.5. The average molecular weight is 306 g/mol. The lowest BCUT2D eigenvalue weighted by molar-refractivity contribution is 0.465. The Hall–Kier alpha value is -2.04. The van der Waals surface area contributed by atoms with Crippen LogP contribution in [0.15, 0.2) is 42.6 Å². The van der Waals surface area contributed by atoms with Crippen molar-refractivity contribution in [3.8, 4) is 11.6 Å². The number of hydrogen-bond acceptors (Lipinski definition) is 4. The minimum absolute atomic E-state index is 0.171. The van der Waals surface area contributed by atoms with Crippen molar-refractivity contribution in [1.29, 1.82) is 0 Å². The molecule has 20 heavy (non-hydrogen) atoms. The van der Waals surface area contributed by atoms with Crippen molar-refractivity contribution in [1.82, 2.24) is 9.97 Å². The van der Waals surface area contributed by atoms with Crippen LogP contribution in [-0.4, -0.2) is 9.97 Å². The molecular formula is C14H9Cl2N3O. The molecule has 0 amide bonds. The number of pyridine rings is 2. The normalized spacial score (nSPS) is 10.7. The van der Waals surface area contributed by atoms with Crippen LogP contribution in [0.1, 0.15) is 0 Å². The highest BCUT2D eigenvalue weighted by Gasteiger charge is 2.09. The number of ether oxygens (including phenoxy) is 1. The SMILES string of the molecule is Nc1nc(Oc2ccc3cccnc3c2)c(Cl)cc1Cl. The number of hydrogen-bond donors (Lipinski definition) is 1. The zero-order valence-electron chi connectivity index (χ0n) is 10.2. The van der Waals surface area contributed by atoms with E-state index in [-0.39, 0.29) is 11.7 Å². The van der Waals surface area contributed by atoms with Crippen LogP contribution in [0.2, 0.25) is 10.0 Å². The van der Waals surface area contributed by atoms with Gasteiger partial charge in [0.15, 0.2) is 0 Å². The van der Waals surface area contributed by atoms with Crippen LogP contribution in [-0.2, 0) is 0 Å². The van der Waals surface area contributed by atoms with Crippen LogP contribution < -0.4 is 10.5 Å². The number of nitrogens with two attached hydrogens (primary N) is 1. The van der Waals surface area contributed by atoms with E-state index < -0.39 is 0 Å². The molecule has 0 spiro atoms. The second kappa shape index (κ2) is 5.15. The van der Waals surface area contributed by atoms with Crippen molar-refractivity contribution in [2.24, 2.45) is 0 Å². The number of nitrogen functional groups attached to an aromatic ring is 1. The number of halogens is 2. The fraction of sp³-hybridized carbons (Fsp3) is 0. The van der Waals surface area contributed by atoms with Gasteiger partial charge in [-0.05, 0) is 24.3 Å². The van der Waals surface area contributed by atoms with Crippen LogP contribution >= 0.6 is 23.2 Å². The fourth-order valence-electron chi connectivity index (χ4n) is 1.76. The summed E-state index contributed by atoms with van der Waals surface area (Å²) in [6.07, 6.45) is 1.72. The van der Waals surface area contributed by atoms with E-state index in [0.717, 1.165) is 10.9 Å². The summed E-state index contributed by atoms with van der Waals surface area (Å²) in [5.74, 6) is 0.959. The molecular weight excluding hydrogens is 297 g/mol. The Bertz CT molecular complexity index is 792. The molecule has 0 aliphatic heterocycles. The van der Waals surface area contributed by atoms with Crippen molar-refractivity contribution in [3.63, 3.8) is 0 Å². The molecule has 0 saturated heterocycles. The van der Waals surface area contributed by atoms with Gasteiger partial charge in [0.05, 0.1) is 10.5 Å². The Balaban J connectivity index is 1.99. The van der Waals surface area contributed by atoms with E-state index in [2.05, 4.69) is 9.97 Å². The maximum absolute atomic E-state index is 6.03. The summed E-state index contributed by atoms with van der Waals surface area (Å²) in [6.45, 7) is 0. The third kappa shape index (κ3) is 2.48. The van der Waals surface area contributed by atoms with Gasteiger partial charge in [-0.3, -0.25) is 4.98 Å². The molecule has 100 valence electrons. The maximum atomic E-state index is 6.03. The van der Waals surface area contributed by atoms with Crippen LogP contribution in [0.5, 0.6) is 11.6 Å². The summed E-state index contributed by atoms with van der Waals surface area (Å²) >= 11 is 11.9. The molecule has 6 heteroatoms. The number of nitrogens with zero attached hydrogens (tertiary/aromatic N) is 2. The number of rotatable bonds is 2. The molecule has 3 aromatic rings. The van der Waals surface area contributed by atoms with Gasteiger partial charge in [-0.1, -0.05) is 29.3 Å². The van der Waals surface area contributed by atoms with Gasteiger partial charge in [-0.15, -0.1) is 0 Å². The third-order valence-electron chi connectivity index (χ3n) is 2.72. The molecule has 2 aromatic heterocycles. The lowest BCUT2D eigenvalue weighted by Crippen LogP contribution is -1.95. The molecule has 0 radical (unpaired) electrons. The number of fused-ring (bicyclic) bond motifs is 1. The lowest BCUT2D eigenvalue weighted by atomic mass is 10.2. The standard InChI is InChI=1S/C14H9Cl2N3O/c15-10-7-11(16)14(19-13(10)17)20-9-4-3-8-2-1-5-18-12(8)6-9/h1-7H,(H2,17,19). The summed E-state index contributed by atoms with van der Waals surface area (Å²) in [5.41, 5.74) is 6.46. The van der Waals surface area contributed by atoms with E-state index in [1.165, 1.54) is 6.07 Å². The maximum Gasteiger partial charge on any atom is 0.240 e. The number of benzene rings is 1. The first-order valence-corrected chi connectivity index (χ1v) is 6.53. The van der Waals surface area contributed by atoms with Crippen molar-refractivity contribution in [2.75, 3.05) is 5.73 Å². The minimum Gasteiger partial charge on any atom is -0.437 e. The average Bonchev–Trinajstić information content (AvgIpc) is 2.44. The monoisotopic (exact) mass is 305 g/mol. The first-order chi connectivity index (χ1) is 9.63. The highest BCUT2D eigenvalue weighted by molar-refractivity contribution is 6.36. The van der Waals surface area contributed by atoms with E-state index in [4.69, 9.17) is 33.7 Å². The Kier molecular flexibility index (Phi) is 3.34. The third-order valence-corrected chi connectivity index (χ3v) is 3.29. The summed E-state index contributed by atoms with van der Waals surface area (Å²) in [4.78, 5) is 8.28. The Morgan fingerprint density at radius 3 is 2.75 bits per heavy atom. The van der Waals surface area contributed by atoms with Crippen molar-refractivity contribution >= 4 is 39.9 Å². The molecule has 0 bridgehead atoms. The molecule has 3 rings (SSSR count). The van der Waals surface area contributed by atoms with Gasteiger partial charge in [0.1, 0.15) is 16.6 Å². The van der Waals surface area contributed by atoms with E-state index >= 15 is 0 Å². The van der Waals surface area contributed by atoms with Crippen LogP contribution in [0.4, 0.5) is 5.82 Å². The fourth-order valence-corrected chi connectivity index (χ4v) is 2.15. The van der Waals surface area contributed by atoms with E-state index in [1.54, 1.807) is 12.3 Å². The van der Waals surface area contributed by atoms with Gasteiger partial charge in [-0.2, -0.15) is 4.98 Å². The molecule has 4 nitrogen and oxygen atoms in total. The Morgan fingerprint density at radius 2 is 1.90 bits per heavy atom. The first-order valence-electron chi connectivity index (χ1n) is 5.77. The molecule has 2 heterocycles. The second-order valence-electron chi connectivity index (χ2n) is 4.10. The van der Waals surface area contributed by atoms with E-state index in [9.17, 15) is 0 Å². The van der Waals surface area contributed by atoms with Gasteiger partial charge in [-0.25, -0.2) is 0 Å². The molecule has 0 aliphatic rings. The van der Waals surface area contributed by atoms with E-state index in [1.807, 2.05) is 24.3 Å². The molecule has 0 saturated carbocycles. The first kappa shape index (κ1) is 13.0. The quantitative estimate of drug-likeness (QED) is 0.766. The van der Waals surface area contributed by atoms with Gasteiger partial charge in [0, 0.05) is 17.6 Å². The topological polar surface area (TPSA) is 61.0 Å². The van der Waals surface area contributed by atoms with Crippen LogP contribution in [0.25, 0.3) is 10.9 Å². The van der Waals surface area contributed by atoms with Crippen molar-refractivity contribution in [3.05, 3.63) is 52.6 Å². The predicted molar refractivity (Wildman–Crippen MR) is 80.5 cm³/mol. The number of anilines is 1. The van der Waals surface area contributed by atoms with Gasteiger partial charge in [0.2, 0.25) is 5.88 Å². The summed E-state index contributed by atoms with van der Waals surface area (Å²) < 4.78 is 5.63. The zero-order chi connectivity index (χ0) is 14.1. The summed E-state index contributed by atoms with van der Waals surface area (Å²) in [7, 11) is 0. The van der Waals surface area contributed by atoms with Gasteiger partial charge < -0.3 is 10.5 Å². The molecule has 0 atom stereocenters. The highest BCUT2D eigenvalue weighted by Crippen LogP contribution is 2.32. The van der Waals surface area contributed by atoms with Crippen LogP contribution in [0, 0.1) is 0 Å². The Labute approximate surface area is 125 Å². The molecule has 1 aromatic carbocycles. The zero-order valence-corrected chi connectivity index (χ0v) is 11.7. The summed E-state index contributed by atoms with van der Waals surface area (Å²) in [6, 6.07) is 10.9. The smallest absolute Gasteiger partial charge is 0.240 e. The van der Waals surface area contributed by atoms with Crippen LogP contribution in [0.3, 0.4) is 0 Å². The van der Waals surface area contributed by atoms with E-state index in [0.29, 0.717) is 15.8 Å².